The van der Waals surface area contributed by atoms with E-state index in [1.807, 2.05) is 47.7 Å². The smallest absolute Gasteiger partial charge is 0.128 e. The van der Waals surface area contributed by atoms with Crippen molar-refractivity contribution in [1.82, 2.24) is 4.98 Å². The van der Waals surface area contributed by atoms with Gasteiger partial charge in [-0.15, -0.1) is 0 Å². The van der Waals surface area contributed by atoms with Crippen molar-refractivity contribution in [3.8, 4) is 0 Å². The maximum atomic E-state index is 4.56. The van der Waals surface area contributed by atoms with Crippen LogP contribution in [0.15, 0.2) is 18.3 Å². The van der Waals surface area contributed by atoms with Gasteiger partial charge in [0.1, 0.15) is 5.82 Å². The molecule has 150 valence electrons. The molecular weight excluding hydrogens is 304 g/mol. The van der Waals surface area contributed by atoms with Crippen LogP contribution in [0.1, 0.15) is 100.0 Å². The molecule has 1 aromatic heterocycles. The van der Waals surface area contributed by atoms with E-state index in [1.54, 1.807) is 0 Å². The van der Waals surface area contributed by atoms with Crippen LogP contribution in [0.3, 0.4) is 0 Å². The highest BCUT2D eigenvalue weighted by Crippen LogP contribution is 2.17. The minimum Gasteiger partial charge on any atom is -0.357 e. The summed E-state index contributed by atoms with van der Waals surface area (Å²) in [6, 6.07) is 4.31. The number of aromatic nitrogens is 1. The van der Waals surface area contributed by atoms with Gasteiger partial charge in [0.2, 0.25) is 0 Å². The van der Waals surface area contributed by atoms with Gasteiger partial charge in [0.25, 0.3) is 0 Å². The highest BCUT2D eigenvalue weighted by atomic mass is 15.2. The summed E-state index contributed by atoms with van der Waals surface area (Å²) in [5, 5.41) is 0. The molecule has 0 aliphatic heterocycles. The number of rotatable bonds is 9. The van der Waals surface area contributed by atoms with E-state index >= 15 is 0 Å². The van der Waals surface area contributed by atoms with Crippen molar-refractivity contribution < 1.29 is 0 Å². The van der Waals surface area contributed by atoms with Gasteiger partial charge in [0.15, 0.2) is 0 Å². The molecule has 0 aliphatic carbocycles. The Labute approximate surface area is 160 Å². The van der Waals surface area contributed by atoms with Crippen LogP contribution in [0.4, 0.5) is 5.82 Å². The SMILES string of the molecule is CC.CC.CC.CCCN(CCCC(CC)CC)c1ccc(C)cn1. The van der Waals surface area contributed by atoms with Crippen molar-refractivity contribution in [3.05, 3.63) is 23.9 Å². The molecular formula is C23H48N2. The normalized spacial score (nSPS) is 9.08. The van der Waals surface area contributed by atoms with Crippen LogP contribution >= 0.6 is 0 Å². The molecule has 0 saturated carbocycles. The number of hydrogen-bond acceptors (Lipinski definition) is 2. The Morgan fingerprint density at radius 1 is 0.880 bits per heavy atom. The number of nitrogens with zero attached hydrogens (tertiary/aromatic N) is 2. The van der Waals surface area contributed by atoms with Crippen molar-refractivity contribution in [2.75, 3.05) is 18.0 Å². The van der Waals surface area contributed by atoms with E-state index in [9.17, 15) is 0 Å². The molecule has 0 aromatic carbocycles. The Morgan fingerprint density at radius 3 is 1.84 bits per heavy atom. The fourth-order valence-corrected chi connectivity index (χ4v) is 2.53. The lowest BCUT2D eigenvalue weighted by atomic mass is 9.97. The molecule has 2 nitrogen and oxygen atoms in total. The van der Waals surface area contributed by atoms with E-state index in [1.165, 1.54) is 37.7 Å². The van der Waals surface area contributed by atoms with Gasteiger partial charge in [0, 0.05) is 19.3 Å². The van der Waals surface area contributed by atoms with Crippen LogP contribution < -0.4 is 4.90 Å². The standard InChI is InChI=1S/C17H30N2.3C2H6/c1-5-12-19(13-8-9-16(6-2)7-3)17-11-10-15(4)14-18-17;3*1-2/h10-11,14,16H,5-9,12-13H2,1-4H3;3*1-2H3. The maximum absolute atomic E-state index is 4.56. The second kappa shape index (κ2) is 22.9. The van der Waals surface area contributed by atoms with Crippen LogP contribution in [-0.4, -0.2) is 18.1 Å². The van der Waals surface area contributed by atoms with Crippen LogP contribution in [0.2, 0.25) is 0 Å². The third-order valence-corrected chi connectivity index (χ3v) is 3.91. The van der Waals surface area contributed by atoms with Gasteiger partial charge < -0.3 is 4.90 Å². The Kier molecular flexibility index (Phi) is 26.4. The van der Waals surface area contributed by atoms with Crippen molar-refractivity contribution in [3.63, 3.8) is 0 Å². The molecule has 1 rings (SSSR count). The van der Waals surface area contributed by atoms with E-state index in [2.05, 4.69) is 49.7 Å². The number of aryl methyl sites for hydroxylation is 1. The minimum atomic E-state index is 0.898. The Morgan fingerprint density at radius 2 is 1.44 bits per heavy atom. The molecule has 0 radical (unpaired) electrons. The third-order valence-electron chi connectivity index (χ3n) is 3.91. The molecule has 0 saturated heterocycles. The minimum absolute atomic E-state index is 0.898. The van der Waals surface area contributed by atoms with Gasteiger partial charge in [-0.3, -0.25) is 0 Å². The lowest BCUT2D eigenvalue weighted by Crippen LogP contribution is -2.26. The Hall–Kier alpha value is -1.05. The fourth-order valence-electron chi connectivity index (χ4n) is 2.53. The van der Waals surface area contributed by atoms with Gasteiger partial charge in [0.05, 0.1) is 0 Å². The fraction of sp³-hybridized carbons (Fsp3) is 0.783. The van der Waals surface area contributed by atoms with Crippen molar-refractivity contribution in [2.24, 2.45) is 5.92 Å². The average Bonchev–Trinajstić information content (AvgIpc) is 2.70. The van der Waals surface area contributed by atoms with Gasteiger partial charge in [-0.1, -0.05) is 81.2 Å². The van der Waals surface area contributed by atoms with Gasteiger partial charge >= 0.3 is 0 Å². The summed E-state index contributed by atoms with van der Waals surface area (Å²) in [6.07, 6.45) is 8.40. The maximum Gasteiger partial charge on any atom is 0.128 e. The zero-order valence-electron chi connectivity index (χ0n) is 19.2. The first-order chi connectivity index (χ1) is 12.2. The summed E-state index contributed by atoms with van der Waals surface area (Å²) >= 11 is 0. The van der Waals surface area contributed by atoms with E-state index < -0.39 is 0 Å². The highest BCUT2D eigenvalue weighted by molar-refractivity contribution is 5.38. The van der Waals surface area contributed by atoms with Crippen molar-refractivity contribution >= 4 is 5.82 Å². The summed E-state index contributed by atoms with van der Waals surface area (Å²) in [4.78, 5) is 6.99. The van der Waals surface area contributed by atoms with Crippen LogP contribution in [0, 0.1) is 12.8 Å². The Balaban J connectivity index is -0.000000725. The quantitative estimate of drug-likeness (QED) is 0.449. The average molecular weight is 353 g/mol. The van der Waals surface area contributed by atoms with E-state index in [4.69, 9.17) is 0 Å². The first-order valence-electron chi connectivity index (χ1n) is 10.9. The molecule has 0 atom stereocenters. The summed E-state index contributed by atoms with van der Waals surface area (Å²) in [5.41, 5.74) is 1.23. The number of anilines is 1. The van der Waals surface area contributed by atoms with Crippen molar-refractivity contribution in [1.29, 1.82) is 0 Å². The summed E-state index contributed by atoms with van der Waals surface area (Å²) < 4.78 is 0. The lowest BCUT2D eigenvalue weighted by molar-refractivity contribution is 0.440. The molecule has 1 heterocycles. The molecule has 25 heavy (non-hydrogen) atoms. The molecule has 0 fully saturated rings. The Bertz CT molecular complexity index is 328. The van der Waals surface area contributed by atoms with Crippen LogP contribution in [-0.2, 0) is 0 Å². The molecule has 1 aromatic rings. The van der Waals surface area contributed by atoms with Gasteiger partial charge in [-0.25, -0.2) is 4.98 Å². The molecule has 0 bridgehead atoms. The molecule has 0 N–H and O–H groups in total. The van der Waals surface area contributed by atoms with Crippen LogP contribution in [0.5, 0.6) is 0 Å². The van der Waals surface area contributed by atoms with E-state index in [0.717, 1.165) is 24.8 Å². The number of hydrogen-bond donors (Lipinski definition) is 0. The molecule has 2 heteroatoms. The second-order valence-corrected chi connectivity index (χ2v) is 5.51. The topological polar surface area (TPSA) is 16.1 Å². The molecule has 0 spiro atoms. The molecule has 0 amide bonds. The largest absolute Gasteiger partial charge is 0.357 e. The zero-order chi connectivity index (χ0) is 20.1. The first-order valence-corrected chi connectivity index (χ1v) is 10.9. The summed E-state index contributed by atoms with van der Waals surface area (Å²) in [6.45, 7) is 23.2. The monoisotopic (exact) mass is 352 g/mol. The van der Waals surface area contributed by atoms with Crippen LogP contribution in [0.25, 0.3) is 0 Å². The summed E-state index contributed by atoms with van der Waals surface area (Å²) in [5.74, 6) is 2.03. The lowest BCUT2D eigenvalue weighted by Gasteiger charge is -2.24. The number of pyridine rings is 1. The molecule has 0 aliphatic rings. The zero-order valence-corrected chi connectivity index (χ0v) is 19.2. The summed E-state index contributed by atoms with van der Waals surface area (Å²) in [7, 11) is 0. The van der Waals surface area contributed by atoms with Gasteiger partial charge in [-0.05, 0) is 43.7 Å². The van der Waals surface area contributed by atoms with Crippen molar-refractivity contribution in [2.45, 2.75) is 101 Å². The second-order valence-electron chi connectivity index (χ2n) is 5.51. The molecule has 0 unspecified atom stereocenters. The highest BCUT2D eigenvalue weighted by Gasteiger charge is 2.08. The predicted molar refractivity (Wildman–Crippen MR) is 119 cm³/mol. The first kappa shape index (κ1) is 28.7. The predicted octanol–water partition coefficient (Wildman–Crippen LogP) is 7.90. The van der Waals surface area contributed by atoms with Gasteiger partial charge in [-0.2, -0.15) is 0 Å². The third kappa shape index (κ3) is 15.0. The van der Waals surface area contributed by atoms with E-state index in [-0.39, 0.29) is 0 Å². The van der Waals surface area contributed by atoms with E-state index in [0.29, 0.717) is 0 Å².